The van der Waals surface area contributed by atoms with Crippen LogP contribution in [-0.4, -0.2) is 40.0 Å². The Labute approximate surface area is 202 Å². The van der Waals surface area contributed by atoms with Crippen LogP contribution in [0.4, 0.5) is 0 Å². The van der Waals surface area contributed by atoms with Crippen LogP contribution in [0.25, 0.3) is 0 Å². The number of hydrogen-bond acceptors (Lipinski definition) is 7. The van der Waals surface area contributed by atoms with Crippen molar-refractivity contribution in [3.8, 4) is 0 Å². The van der Waals surface area contributed by atoms with E-state index in [2.05, 4.69) is 10.3 Å². The molecule has 2 aromatic rings. The zero-order valence-electron chi connectivity index (χ0n) is 18.8. The van der Waals surface area contributed by atoms with E-state index >= 15 is 0 Å². The van der Waals surface area contributed by atoms with Crippen molar-refractivity contribution in [2.75, 3.05) is 13.6 Å². The van der Waals surface area contributed by atoms with Gasteiger partial charge in [0.2, 0.25) is 0 Å². The van der Waals surface area contributed by atoms with Crippen LogP contribution in [0, 0.1) is 16.0 Å². The molecule has 0 bridgehead atoms. The van der Waals surface area contributed by atoms with Gasteiger partial charge in [0.25, 0.3) is 5.70 Å². The zero-order chi connectivity index (χ0) is 24.7. The number of Topliss-reactive ketones (excluding diaryl/α,β-unsaturated/α-hetero) is 2. The molecular weight excluding hydrogens is 467 g/mol. The van der Waals surface area contributed by atoms with Crippen molar-refractivity contribution in [1.82, 2.24) is 15.2 Å². The fourth-order valence-corrected chi connectivity index (χ4v) is 4.04. The molecule has 1 aromatic carbocycles. The minimum absolute atomic E-state index is 0.199. The van der Waals surface area contributed by atoms with E-state index in [0.717, 1.165) is 5.56 Å². The molecule has 0 aliphatic carbocycles. The zero-order valence-corrected chi connectivity index (χ0v) is 20.4. The molecule has 0 aliphatic heterocycles. The Morgan fingerprint density at radius 2 is 1.73 bits per heavy atom. The van der Waals surface area contributed by atoms with Crippen molar-refractivity contribution in [2.24, 2.45) is 5.92 Å². The Bertz CT molecular complexity index is 1030. The molecule has 1 aromatic heterocycles. The molecule has 0 spiro atoms. The van der Waals surface area contributed by atoms with Gasteiger partial charge in [-0.1, -0.05) is 41.4 Å². The number of hydrogen-bond donors (Lipinski definition) is 1. The summed E-state index contributed by atoms with van der Waals surface area (Å²) < 4.78 is 0. The van der Waals surface area contributed by atoms with Gasteiger partial charge in [-0.2, -0.15) is 0 Å². The van der Waals surface area contributed by atoms with Crippen molar-refractivity contribution >= 4 is 34.8 Å². The number of carbonyl (C=O) groups excluding carboxylic acids is 2. The normalized spacial score (nSPS) is 12.7. The molecule has 0 saturated carbocycles. The molecule has 1 atom stereocenters. The summed E-state index contributed by atoms with van der Waals surface area (Å²) in [5.41, 5.74) is 0.951. The van der Waals surface area contributed by atoms with Crippen LogP contribution in [0.15, 0.2) is 54.1 Å². The van der Waals surface area contributed by atoms with Crippen LogP contribution in [0.1, 0.15) is 37.8 Å². The minimum Gasteiger partial charge on any atom is -0.369 e. The summed E-state index contributed by atoms with van der Waals surface area (Å²) in [4.78, 5) is 42.8. The number of nitro groups is 1. The Morgan fingerprint density at radius 3 is 2.15 bits per heavy atom. The fraction of sp³-hybridized carbons (Fsp3) is 0.348. The Balaban J connectivity index is 2.74. The quantitative estimate of drug-likeness (QED) is 0.213. The Kier molecular flexibility index (Phi) is 9.37. The van der Waals surface area contributed by atoms with Gasteiger partial charge in [-0.3, -0.25) is 19.7 Å². The summed E-state index contributed by atoms with van der Waals surface area (Å²) >= 11 is 11.9. The highest BCUT2D eigenvalue weighted by atomic mass is 35.5. The summed E-state index contributed by atoms with van der Waals surface area (Å²) in [6.45, 7) is 5.09. The molecule has 2 rings (SSSR count). The van der Waals surface area contributed by atoms with Gasteiger partial charge in [0.15, 0.2) is 5.82 Å². The van der Waals surface area contributed by atoms with E-state index in [1.165, 1.54) is 13.8 Å². The van der Waals surface area contributed by atoms with E-state index in [-0.39, 0.29) is 11.5 Å². The lowest BCUT2D eigenvalue weighted by molar-refractivity contribution is -0.433. The third-order valence-electron chi connectivity index (χ3n) is 5.27. The third-order valence-corrected chi connectivity index (χ3v) is 5.74. The van der Waals surface area contributed by atoms with Crippen molar-refractivity contribution in [3.63, 3.8) is 0 Å². The van der Waals surface area contributed by atoms with Crippen LogP contribution in [-0.2, 0) is 16.1 Å². The number of nitrogens with one attached hydrogen (secondary N) is 1. The van der Waals surface area contributed by atoms with E-state index in [0.29, 0.717) is 28.8 Å². The number of rotatable bonds is 11. The number of carbonyl (C=O) groups is 2. The van der Waals surface area contributed by atoms with E-state index in [1.807, 2.05) is 6.92 Å². The average Bonchev–Trinajstić information content (AvgIpc) is 2.76. The molecule has 1 unspecified atom stereocenters. The molecule has 0 amide bonds. The summed E-state index contributed by atoms with van der Waals surface area (Å²) in [7, 11) is 1.57. The highest BCUT2D eigenvalue weighted by Crippen LogP contribution is 2.36. The number of aromatic nitrogens is 1. The van der Waals surface area contributed by atoms with Gasteiger partial charge in [0, 0.05) is 31.4 Å². The van der Waals surface area contributed by atoms with E-state index < -0.39 is 28.3 Å². The second kappa shape index (κ2) is 11.8. The lowest BCUT2D eigenvalue weighted by atomic mass is 9.79. The number of benzene rings is 1. The Morgan fingerprint density at radius 1 is 1.12 bits per heavy atom. The van der Waals surface area contributed by atoms with Gasteiger partial charge in [-0.05, 0) is 50.1 Å². The predicted molar refractivity (Wildman–Crippen MR) is 127 cm³/mol. The maximum atomic E-state index is 12.5. The van der Waals surface area contributed by atoms with Gasteiger partial charge in [0.1, 0.15) is 16.7 Å². The number of nitrogens with zero attached hydrogens (tertiary/aromatic N) is 3. The third kappa shape index (κ3) is 6.52. The van der Waals surface area contributed by atoms with Crippen LogP contribution in [0.5, 0.6) is 0 Å². The SMILES string of the molecule is CCN(Cc1ccc(Cl)nc1)/C(NC)=C(/C(c1ccc(Cl)cc1)C(C(C)=O)C(C)=O)[N+](=O)[O-]. The maximum Gasteiger partial charge on any atom is 0.294 e. The molecule has 1 heterocycles. The molecule has 1 N–H and O–H groups in total. The Hall–Kier alpha value is -2.97. The van der Waals surface area contributed by atoms with Gasteiger partial charge >= 0.3 is 0 Å². The first kappa shape index (κ1) is 26.3. The van der Waals surface area contributed by atoms with Crippen LogP contribution >= 0.6 is 23.2 Å². The molecule has 176 valence electrons. The van der Waals surface area contributed by atoms with Crippen LogP contribution in [0.3, 0.4) is 0 Å². The highest BCUT2D eigenvalue weighted by molar-refractivity contribution is 6.30. The maximum absolute atomic E-state index is 12.5. The summed E-state index contributed by atoms with van der Waals surface area (Å²) in [5.74, 6) is -3.06. The number of allylic oxidation sites excluding steroid dienone is 1. The smallest absolute Gasteiger partial charge is 0.294 e. The molecular formula is C23H26Cl2N4O4. The lowest BCUT2D eigenvalue weighted by Gasteiger charge is -2.29. The molecule has 0 radical (unpaired) electrons. The molecule has 0 aliphatic rings. The highest BCUT2D eigenvalue weighted by Gasteiger charge is 2.42. The van der Waals surface area contributed by atoms with E-state index in [4.69, 9.17) is 23.2 Å². The van der Waals surface area contributed by atoms with E-state index in [1.54, 1.807) is 54.5 Å². The first-order chi connectivity index (χ1) is 15.6. The van der Waals surface area contributed by atoms with Gasteiger partial charge in [0.05, 0.1) is 16.8 Å². The monoisotopic (exact) mass is 492 g/mol. The summed E-state index contributed by atoms with van der Waals surface area (Å²) in [5, 5.41) is 16.2. The second-order valence-electron chi connectivity index (χ2n) is 7.47. The fourth-order valence-electron chi connectivity index (χ4n) is 3.80. The van der Waals surface area contributed by atoms with Crippen molar-refractivity contribution in [2.45, 2.75) is 33.2 Å². The second-order valence-corrected chi connectivity index (χ2v) is 8.30. The van der Waals surface area contributed by atoms with Gasteiger partial charge < -0.3 is 10.2 Å². The van der Waals surface area contributed by atoms with Crippen molar-refractivity contribution in [1.29, 1.82) is 0 Å². The minimum atomic E-state index is -1.23. The topological polar surface area (TPSA) is 105 Å². The summed E-state index contributed by atoms with van der Waals surface area (Å²) in [6, 6.07) is 9.77. The lowest BCUT2D eigenvalue weighted by Crippen LogP contribution is -2.37. The van der Waals surface area contributed by atoms with Crippen molar-refractivity contribution < 1.29 is 14.5 Å². The van der Waals surface area contributed by atoms with Crippen molar-refractivity contribution in [3.05, 3.63) is 85.5 Å². The number of halogens is 2. The number of ketones is 2. The van der Waals surface area contributed by atoms with E-state index in [9.17, 15) is 19.7 Å². The van der Waals surface area contributed by atoms with Gasteiger partial charge in [-0.15, -0.1) is 0 Å². The first-order valence-electron chi connectivity index (χ1n) is 10.3. The standard InChI is InChI=1S/C23H26Cl2N4O4/c1-5-28(13-16-6-11-19(25)27-12-16)23(26-4)22(29(32)33)21(20(14(2)30)15(3)31)17-7-9-18(24)10-8-17/h6-12,20-21,26H,5,13H2,1-4H3/b23-22-. The predicted octanol–water partition coefficient (Wildman–Crippen LogP) is 4.45. The summed E-state index contributed by atoms with van der Waals surface area (Å²) in [6.07, 6.45) is 1.59. The molecule has 33 heavy (non-hydrogen) atoms. The molecule has 8 nitrogen and oxygen atoms in total. The van der Waals surface area contributed by atoms with Gasteiger partial charge in [-0.25, -0.2) is 4.98 Å². The number of pyridine rings is 1. The molecule has 10 heteroatoms. The molecule has 0 saturated heterocycles. The van der Waals surface area contributed by atoms with Crippen LogP contribution in [0.2, 0.25) is 10.2 Å². The largest absolute Gasteiger partial charge is 0.369 e. The van der Waals surface area contributed by atoms with Crippen LogP contribution < -0.4 is 5.32 Å². The average molecular weight is 493 g/mol. The molecule has 0 fully saturated rings. The first-order valence-corrected chi connectivity index (χ1v) is 11.0.